The summed E-state index contributed by atoms with van der Waals surface area (Å²) in [7, 11) is 0. The minimum absolute atomic E-state index is 0.138. The maximum absolute atomic E-state index is 8.96. The van der Waals surface area contributed by atoms with E-state index in [1.54, 1.807) is 6.20 Å². The highest BCUT2D eigenvalue weighted by Gasteiger charge is 2.09. The molecule has 0 saturated heterocycles. The Morgan fingerprint density at radius 2 is 1.93 bits per heavy atom. The number of nitriles is 1. The van der Waals surface area contributed by atoms with Gasteiger partial charge in [0.1, 0.15) is 11.6 Å². The maximum Gasteiger partial charge on any atom is 0.170 e. The smallest absolute Gasteiger partial charge is 0.170 e. The summed E-state index contributed by atoms with van der Waals surface area (Å²) in [5.74, 6) is 0. The molecule has 0 fully saturated rings. The highest BCUT2D eigenvalue weighted by Crippen LogP contribution is 2.25. The van der Waals surface area contributed by atoms with Crippen molar-refractivity contribution < 1.29 is 0 Å². The molecular formula is C11H6ClN3. The van der Waals surface area contributed by atoms with E-state index >= 15 is 0 Å². The van der Waals surface area contributed by atoms with E-state index in [0.717, 1.165) is 5.56 Å². The monoisotopic (exact) mass is 215 g/mol. The van der Waals surface area contributed by atoms with E-state index in [2.05, 4.69) is 10.2 Å². The van der Waals surface area contributed by atoms with E-state index in [1.165, 1.54) is 0 Å². The van der Waals surface area contributed by atoms with E-state index in [1.807, 2.05) is 36.4 Å². The molecular weight excluding hydrogens is 210 g/mol. The molecule has 2 rings (SSSR count). The summed E-state index contributed by atoms with van der Waals surface area (Å²) >= 11 is 5.78. The number of nitrogens with zero attached hydrogens (tertiary/aromatic N) is 3. The first-order chi connectivity index (χ1) is 7.33. The van der Waals surface area contributed by atoms with Crippen molar-refractivity contribution in [3.63, 3.8) is 0 Å². The van der Waals surface area contributed by atoms with Crippen LogP contribution in [0, 0.1) is 11.3 Å². The molecule has 0 atom stereocenters. The van der Waals surface area contributed by atoms with Crippen molar-refractivity contribution in [2.24, 2.45) is 0 Å². The molecule has 2 aromatic rings. The van der Waals surface area contributed by atoms with Crippen molar-refractivity contribution in [2.75, 3.05) is 0 Å². The molecule has 0 amide bonds. The summed E-state index contributed by atoms with van der Waals surface area (Å²) < 4.78 is 0. The summed E-state index contributed by atoms with van der Waals surface area (Å²) in [5.41, 5.74) is 1.97. The second kappa shape index (κ2) is 4.07. The van der Waals surface area contributed by atoms with Crippen molar-refractivity contribution in [3.8, 4) is 17.2 Å². The Kier molecular flexibility index (Phi) is 2.61. The van der Waals surface area contributed by atoms with E-state index < -0.39 is 0 Å². The van der Waals surface area contributed by atoms with Crippen LogP contribution in [0.25, 0.3) is 11.1 Å². The predicted octanol–water partition coefficient (Wildman–Crippen LogP) is 2.67. The molecule has 0 bridgehead atoms. The third-order valence-electron chi connectivity index (χ3n) is 2.00. The molecule has 0 saturated carbocycles. The largest absolute Gasteiger partial charge is 0.192 e. The second-order valence-electron chi connectivity index (χ2n) is 2.90. The van der Waals surface area contributed by atoms with Gasteiger partial charge in [0.2, 0.25) is 0 Å². The topological polar surface area (TPSA) is 49.6 Å². The van der Waals surface area contributed by atoms with E-state index in [9.17, 15) is 0 Å². The van der Waals surface area contributed by atoms with Gasteiger partial charge in [-0.3, -0.25) is 0 Å². The Morgan fingerprint density at radius 3 is 2.60 bits per heavy atom. The summed E-state index contributed by atoms with van der Waals surface area (Å²) in [4.78, 5) is 0. The van der Waals surface area contributed by atoms with Crippen molar-refractivity contribution >= 4 is 11.6 Å². The van der Waals surface area contributed by atoms with Crippen LogP contribution in [0.15, 0.2) is 36.5 Å². The van der Waals surface area contributed by atoms with E-state index in [4.69, 9.17) is 16.9 Å². The molecule has 1 heterocycles. The lowest BCUT2D eigenvalue weighted by atomic mass is 10.0. The molecule has 0 aliphatic rings. The van der Waals surface area contributed by atoms with Crippen LogP contribution < -0.4 is 0 Å². The summed E-state index contributed by atoms with van der Waals surface area (Å²) in [6.07, 6.45) is 1.54. The van der Waals surface area contributed by atoms with Crippen LogP contribution in [0.2, 0.25) is 5.15 Å². The van der Waals surface area contributed by atoms with Gasteiger partial charge in [0.05, 0.1) is 6.20 Å². The van der Waals surface area contributed by atoms with Gasteiger partial charge in [-0.05, 0) is 5.56 Å². The molecule has 15 heavy (non-hydrogen) atoms. The van der Waals surface area contributed by atoms with Gasteiger partial charge < -0.3 is 0 Å². The average Bonchev–Trinajstić information content (AvgIpc) is 2.30. The van der Waals surface area contributed by atoms with Crippen LogP contribution in [0.4, 0.5) is 0 Å². The van der Waals surface area contributed by atoms with E-state index in [-0.39, 0.29) is 5.15 Å². The first kappa shape index (κ1) is 9.63. The predicted molar refractivity (Wildman–Crippen MR) is 57.2 cm³/mol. The lowest BCUT2D eigenvalue weighted by molar-refractivity contribution is 1.03. The van der Waals surface area contributed by atoms with Gasteiger partial charge in [-0.2, -0.15) is 10.4 Å². The summed E-state index contributed by atoms with van der Waals surface area (Å²) in [6, 6.07) is 11.5. The van der Waals surface area contributed by atoms with Crippen molar-refractivity contribution in [1.29, 1.82) is 5.26 Å². The minimum Gasteiger partial charge on any atom is -0.192 e. The molecule has 0 aliphatic carbocycles. The number of rotatable bonds is 1. The molecule has 1 aromatic carbocycles. The zero-order chi connectivity index (χ0) is 10.7. The number of halogens is 1. The minimum atomic E-state index is 0.138. The molecule has 3 nitrogen and oxygen atoms in total. The highest BCUT2D eigenvalue weighted by atomic mass is 35.5. The van der Waals surface area contributed by atoms with Gasteiger partial charge in [-0.1, -0.05) is 41.9 Å². The number of hydrogen-bond acceptors (Lipinski definition) is 3. The average molecular weight is 216 g/mol. The van der Waals surface area contributed by atoms with Crippen LogP contribution in [0.5, 0.6) is 0 Å². The number of aromatic nitrogens is 2. The van der Waals surface area contributed by atoms with Crippen molar-refractivity contribution in [1.82, 2.24) is 10.2 Å². The van der Waals surface area contributed by atoms with Gasteiger partial charge >= 0.3 is 0 Å². The molecule has 0 aliphatic heterocycles. The summed E-state index contributed by atoms with van der Waals surface area (Å²) in [6.45, 7) is 0. The lowest BCUT2D eigenvalue weighted by Crippen LogP contribution is -1.91. The van der Waals surface area contributed by atoms with Crippen LogP contribution >= 0.6 is 11.6 Å². The van der Waals surface area contributed by atoms with E-state index in [0.29, 0.717) is 11.1 Å². The van der Waals surface area contributed by atoms with Gasteiger partial charge in [0.25, 0.3) is 0 Å². The maximum atomic E-state index is 8.96. The fourth-order valence-electron chi connectivity index (χ4n) is 1.31. The third-order valence-corrected chi connectivity index (χ3v) is 2.27. The van der Waals surface area contributed by atoms with Gasteiger partial charge in [-0.15, -0.1) is 5.10 Å². The van der Waals surface area contributed by atoms with Gasteiger partial charge in [0, 0.05) is 5.56 Å². The van der Waals surface area contributed by atoms with Gasteiger partial charge in [0.15, 0.2) is 5.15 Å². The number of benzene rings is 1. The summed E-state index contributed by atoms with van der Waals surface area (Å²) in [5, 5.41) is 16.5. The molecule has 0 N–H and O–H groups in total. The van der Waals surface area contributed by atoms with Crippen molar-refractivity contribution in [2.45, 2.75) is 0 Å². The Morgan fingerprint density at radius 1 is 1.20 bits per heavy atom. The quantitative estimate of drug-likeness (QED) is 0.735. The zero-order valence-electron chi connectivity index (χ0n) is 7.68. The fourth-order valence-corrected chi connectivity index (χ4v) is 1.49. The molecule has 0 spiro atoms. The first-order valence-electron chi connectivity index (χ1n) is 4.29. The SMILES string of the molecule is N#Cc1c(-c2ccccc2)cnnc1Cl. The van der Waals surface area contributed by atoms with Crippen LogP contribution in [-0.4, -0.2) is 10.2 Å². The van der Waals surface area contributed by atoms with Gasteiger partial charge in [-0.25, -0.2) is 0 Å². The Balaban J connectivity index is 2.65. The molecule has 1 aromatic heterocycles. The Bertz CT molecular complexity index is 517. The Hall–Kier alpha value is -1.92. The molecule has 4 heteroatoms. The highest BCUT2D eigenvalue weighted by molar-refractivity contribution is 6.30. The number of hydrogen-bond donors (Lipinski definition) is 0. The van der Waals surface area contributed by atoms with Crippen molar-refractivity contribution in [3.05, 3.63) is 47.2 Å². The zero-order valence-corrected chi connectivity index (χ0v) is 8.44. The second-order valence-corrected chi connectivity index (χ2v) is 3.26. The standard InChI is InChI=1S/C11H6ClN3/c12-11-9(6-13)10(7-14-15-11)8-4-2-1-3-5-8/h1-5,7H. The first-order valence-corrected chi connectivity index (χ1v) is 4.67. The lowest BCUT2D eigenvalue weighted by Gasteiger charge is -2.02. The van der Waals surface area contributed by atoms with Crippen LogP contribution in [-0.2, 0) is 0 Å². The molecule has 72 valence electrons. The van der Waals surface area contributed by atoms with Crippen LogP contribution in [0.3, 0.4) is 0 Å². The normalized spacial score (nSPS) is 9.60. The third kappa shape index (κ3) is 1.80. The molecule has 0 unspecified atom stereocenters. The molecule has 0 radical (unpaired) electrons. The van der Waals surface area contributed by atoms with Crippen LogP contribution in [0.1, 0.15) is 5.56 Å². The fraction of sp³-hybridized carbons (Fsp3) is 0. The Labute approximate surface area is 92.0 Å².